The second-order valence-corrected chi connectivity index (χ2v) is 7.94. The van der Waals surface area contributed by atoms with Crippen LogP contribution >= 0.6 is 0 Å². The summed E-state index contributed by atoms with van der Waals surface area (Å²) >= 11 is 0. The topological polar surface area (TPSA) is 123 Å². The van der Waals surface area contributed by atoms with Crippen molar-refractivity contribution >= 4 is 29.5 Å². The number of nitrogens with zero attached hydrogens (tertiary/aromatic N) is 1. The van der Waals surface area contributed by atoms with Crippen molar-refractivity contribution in [2.24, 2.45) is 11.5 Å². The SMILES string of the molecule is CNC.CNc1ccc(C)c(/C(N)=C/C(=C\N)c2ccnc(C=O)c2)c1.O=Cc1ccc(F)c(C(F)(F)F)c1. The summed E-state index contributed by atoms with van der Waals surface area (Å²) in [5.74, 6) is -1.38. The number of aryl methyl sites for hydroxylation is 1. The molecule has 208 valence electrons. The van der Waals surface area contributed by atoms with Crippen LogP contribution in [0.1, 0.15) is 43.1 Å². The molecule has 0 saturated heterocycles. The van der Waals surface area contributed by atoms with Crippen LogP contribution in [0, 0.1) is 12.7 Å². The van der Waals surface area contributed by atoms with Crippen LogP contribution in [0.5, 0.6) is 0 Å². The van der Waals surface area contributed by atoms with Crippen LogP contribution in [0.4, 0.5) is 23.2 Å². The quantitative estimate of drug-likeness (QED) is 0.195. The van der Waals surface area contributed by atoms with Gasteiger partial charge < -0.3 is 22.1 Å². The summed E-state index contributed by atoms with van der Waals surface area (Å²) in [5.41, 5.74) is 15.8. The van der Waals surface area contributed by atoms with Gasteiger partial charge in [-0.2, -0.15) is 13.2 Å². The predicted octanol–water partition coefficient (Wildman–Crippen LogP) is 5.04. The van der Waals surface area contributed by atoms with E-state index in [1.807, 2.05) is 46.3 Å². The lowest BCUT2D eigenvalue weighted by atomic mass is 10.0. The number of halogens is 4. The molecule has 11 heteroatoms. The molecule has 0 atom stereocenters. The first kappa shape index (κ1) is 32.5. The van der Waals surface area contributed by atoms with Gasteiger partial charge in [-0.25, -0.2) is 4.39 Å². The van der Waals surface area contributed by atoms with E-state index < -0.39 is 17.6 Å². The average Bonchev–Trinajstić information content (AvgIpc) is 2.92. The van der Waals surface area contributed by atoms with E-state index in [0.717, 1.165) is 34.0 Å². The lowest BCUT2D eigenvalue weighted by Crippen LogP contribution is -2.08. The third-order valence-electron chi connectivity index (χ3n) is 4.99. The van der Waals surface area contributed by atoms with Gasteiger partial charge >= 0.3 is 6.18 Å². The maximum absolute atomic E-state index is 12.6. The molecule has 0 spiro atoms. The van der Waals surface area contributed by atoms with Gasteiger partial charge in [0.1, 0.15) is 17.8 Å². The molecule has 0 aliphatic heterocycles. The molecular formula is C28H31F4N5O2. The molecule has 3 aromatic rings. The predicted molar refractivity (Wildman–Crippen MR) is 146 cm³/mol. The Morgan fingerprint density at radius 1 is 0.974 bits per heavy atom. The van der Waals surface area contributed by atoms with Crippen LogP contribution in [0.3, 0.4) is 0 Å². The fourth-order valence-corrected chi connectivity index (χ4v) is 3.09. The number of hydrogen-bond donors (Lipinski definition) is 4. The van der Waals surface area contributed by atoms with Crippen molar-refractivity contribution in [2.75, 3.05) is 26.5 Å². The number of allylic oxidation sites excluding steroid dienone is 2. The van der Waals surface area contributed by atoms with Crippen molar-refractivity contribution in [1.29, 1.82) is 0 Å². The number of anilines is 1. The Morgan fingerprint density at radius 3 is 2.18 bits per heavy atom. The zero-order valence-corrected chi connectivity index (χ0v) is 21.9. The van der Waals surface area contributed by atoms with E-state index in [1.165, 1.54) is 6.20 Å². The highest BCUT2D eigenvalue weighted by Crippen LogP contribution is 2.31. The Hall–Kier alpha value is -4.51. The van der Waals surface area contributed by atoms with E-state index in [0.29, 0.717) is 29.8 Å². The van der Waals surface area contributed by atoms with Crippen molar-refractivity contribution in [1.82, 2.24) is 10.3 Å². The van der Waals surface area contributed by atoms with Crippen molar-refractivity contribution in [2.45, 2.75) is 13.1 Å². The van der Waals surface area contributed by atoms with Crippen molar-refractivity contribution < 1.29 is 27.2 Å². The summed E-state index contributed by atoms with van der Waals surface area (Å²) in [6.07, 6.45) is 1.00. The second-order valence-electron chi connectivity index (χ2n) is 7.94. The highest BCUT2D eigenvalue weighted by atomic mass is 19.4. The molecular weight excluding hydrogens is 514 g/mol. The first-order chi connectivity index (χ1) is 18.4. The number of rotatable bonds is 6. The Balaban J connectivity index is 0.000000401. The van der Waals surface area contributed by atoms with E-state index in [9.17, 15) is 27.2 Å². The van der Waals surface area contributed by atoms with Gasteiger partial charge in [0.05, 0.1) is 5.56 Å². The van der Waals surface area contributed by atoms with Gasteiger partial charge in [0.15, 0.2) is 6.29 Å². The van der Waals surface area contributed by atoms with Crippen LogP contribution in [0.2, 0.25) is 0 Å². The molecule has 0 aliphatic carbocycles. The average molecular weight is 546 g/mol. The number of carbonyl (C=O) groups excluding carboxylic acids is 2. The number of nitrogens with one attached hydrogen (secondary N) is 2. The van der Waals surface area contributed by atoms with Crippen LogP contribution < -0.4 is 22.1 Å². The van der Waals surface area contributed by atoms with Gasteiger partial charge in [-0.1, -0.05) is 6.07 Å². The molecule has 0 fully saturated rings. The van der Waals surface area contributed by atoms with Gasteiger partial charge in [-0.3, -0.25) is 14.6 Å². The molecule has 0 aliphatic rings. The number of aromatic nitrogens is 1. The number of pyridine rings is 1. The number of carbonyl (C=O) groups is 2. The van der Waals surface area contributed by atoms with Crippen molar-refractivity contribution in [3.63, 3.8) is 0 Å². The summed E-state index contributed by atoms with van der Waals surface area (Å²) in [6, 6.07) is 11.5. The molecule has 1 aromatic heterocycles. The van der Waals surface area contributed by atoms with Gasteiger partial charge in [0.25, 0.3) is 0 Å². The molecule has 39 heavy (non-hydrogen) atoms. The minimum absolute atomic E-state index is 0.200. The summed E-state index contributed by atoms with van der Waals surface area (Å²) in [7, 11) is 5.61. The number of aldehydes is 2. The summed E-state index contributed by atoms with van der Waals surface area (Å²) in [4.78, 5) is 24.9. The Labute approximate surface area is 224 Å². The zero-order chi connectivity index (χ0) is 29.6. The second kappa shape index (κ2) is 15.7. The summed E-state index contributed by atoms with van der Waals surface area (Å²) in [5, 5.41) is 5.84. The highest BCUT2D eigenvalue weighted by molar-refractivity contribution is 5.85. The minimum Gasteiger partial charge on any atom is -0.404 e. The normalized spacial score (nSPS) is 11.4. The van der Waals surface area contributed by atoms with Crippen LogP contribution in [-0.4, -0.2) is 38.7 Å². The van der Waals surface area contributed by atoms with E-state index in [1.54, 1.807) is 24.4 Å². The number of hydrogen-bond acceptors (Lipinski definition) is 7. The van der Waals surface area contributed by atoms with Gasteiger partial charge in [-0.15, -0.1) is 0 Å². The highest BCUT2D eigenvalue weighted by Gasteiger charge is 2.34. The Bertz CT molecular complexity index is 1320. The van der Waals surface area contributed by atoms with E-state index in [2.05, 4.69) is 15.6 Å². The fourth-order valence-electron chi connectivity index (χ4n) is 3.09. The van der Waals surface area contributed by atoms with Gasteiger partial charge in [0.2, 0.25) is 0 Å². The van der Waals surface area contributed by atoms with Gasteiger partial charge in [-0.05, 0) is 86.3 Å². The monoisotopic (exact) mass is 545 g/mol. The molecule has 0 bridgehead atoms. The standard InChI is InChI=1S/C18H20N4O.C8H4F4O.C2H7N/c1-12-3-4-15(21-2)9-17(12)18(20)8-14(10-19)13-5-6-22-16(7-13)11-23;9-7-2-1-5(4-13)3-6(7)8(10,11)12;1-3-2/h3-11,21H,19-20H2,1-2H3;1-4H;3H,1-2H3/b14-10+,18-8-;;. The molecule has 0 radical (unpaired) electrons. The third-order valence-corrected chi connectivity index (χ3v) is 4.99. The number of benzene rings is 2. The molecule has 3 rings (SSSR count). The third kappa shape index (κ3) is 10.0. The lowest BCUT2D eigenvalue weighted by Gasteiger charge is -2.10. The van der Waals surface area contributed by atoms with E-state index >= 15 is 0 Å². The maximum atomic E-state index is 12.6. The molecule has 0 saturated carbocycles. The molecule has 0 unspecified atom stereocenters. The molecule has 1 heterocycles. The molecule has 6 N–H and O–H groups in total. The number of alkyl halides is 3. The summed E-state index contributed by atoms with van der Waals surface area (Å²) in [6.45, 7) is 2.00. The van der Waals surface area contributed by atoms with E-state index in [-0.39, 0.29) is 11.8 Å². The summed E-state index contributed by atoms with van der Waals surface area (Å²) < 4.78 is 48.6. The van der Waals surface area contributed by atoms with Crippen molar-refractivity contribution in [3.05, 3.63) is 106 Å². The van der Waals surface area contributed by atoms with Crippen molar-refractivity contribution in [3.8, 4) is 0 Å². The Morgan fingerprint density at radius 2 is 1.64 bits per heavy atom. The fraction of sp³-hybridized carbons (Fsp3) is 0.179. The van der Waals surface area contributed by atoms with Gasteiger partial charge in [0, 0.05) is 42.0 Å². The molecule has 2 aromatic carbocycles. The number of nitrogens with two attached hydrogens (primary N) is 2. The first-order valence-corrected chi connectivity index (χ1v) is 11.4. The Kier molecular flexibility index (Phi) is 13.1. The van der Waals surface area contributed by atoms with E-state index in [4.69, 9.17) is 11.5 Å². The zero-order valence-electron chi connectivity index (χ0n) is 21.9. The lowest BCUT2D eigenvalue weighted by molar-refractivity contribution is -0.140. The van der Waals surface area contributed by atoms with Crippen LogP contribution in [0.15, 0.2) is 67.0 Å². The molecule has 7 nitrogen and oxygen atoms in total. The first-order valence-electron chi connectivity index (χ1n) is 11.4. The molecule has 0 amide bonds. The smallest absolute Gasteiger partial charge is 0.404 e. The maximum Gasteiger partial charge on any atom is 0.419 e. The largest absolute Gasteiger partial charge is 0.419 e. The minimum atomic E-state index is -4.76. The van der Waals surface area contributed by atoms with Crippen LogP contribution in [0.25, 0.3) is 11.3 Å². The van der Waals surface area contributed by atoms with Crippen LogP contribution in [-0.2, 0) is 6.18 Å².